The zero-order valence-electron chi connectivity index (χ0n) is 19.5. The quantitative estimate of drug-likeness (QED) is 0.392. The third-order valence-electron chi connectivity index (χ3n) is 5.96. The summed E-state index contributed by atoms with van der Waals surface area (Å²) >= 11 is 3.19. The summed E-state index contributed by atoms with van der Waals surface area (Å²) in [6.07, 6.45) is 4.91. The highest BCUT2D eigenvalue weighted by Gasteiger charge is 2.23. The molecule has 11 heteroatoms. The van der Waals surface area contributed by atoms with Crippen LogP contribution in [0.1, 0.15) is 50.6 Å². The first kappa shape index (κ1) is 25.5. The largest absolute Gasteiger partial charge is 0.364 e. The lowest BCUT2D eigenvalue weighted by Crippen LogP contribution is -2.38. The van der Waals surface area contributed by atoms with Gasteiger partial charge in [-0.1, -0.05) is 6.42 Å². The summed E-state index contributed by atoms with van der Waals surface area (Å²) in [5.74, 6) is -2.12. The zero-order chi connectivity index (χ0) is 25.7. The van der Waals surface area contributed by atoms with Gasteiger partial charge in [-0.15, -0.1) is 0 Å². The number of rotatable bonds is 8. The molecule has 4 rings (SSSR count). The molecule has 1 aromatic heterocycles. The molecule has 3 aromatic rings. The Morgan fingerprint density at radius 1 is 1.03 bits per heavy atom. The smallest absolute Gasteiger partial charge is 0.270 e. The summed E-state index contributed by atoms with van der Waals surface area (Å²) < 4.78 is 15.1. The number of likely N-dealkylation sites (tertiary alicyclic amines) is 1. The summed E-state index contributed by atoms with van der Waals surface area (Å²) in [7, 11) is 0. The second-order valence-electron chi connectivity index (χ2n) is 8.46. The van der Waals surface area contributed by atoms with E-state index in [4.69, 9.17) is 5.73 Å². The minimum Gasteiger partial charge on any atom is -0.364 e. The summed E-state index contributed by atoms with van der Waals surface area (Å²) in [5.41, 5.74) is 6.72. The van der Waals surface area contributed by atoms with Gasteiger partial charge in [-0.25, -0.2) is 9.37 Å². The molecule has 2 aromatic carbocycles. The van der Waals surface area contributed by atoms with Crippen LogP contribution < -0.4 is 16.4 Å². The third-order valence-corrected chi connectivity index (χ3v) is 6.61. The molecule has 1 saturated heterocycles. The van der Waals surface area contributed by atoms with E-state index in [-0.39, 0.29) is 17.0 Å². The molecule has 3 amide bonds. The Balaban J connectivity index is 1.48. The van der Waals surface area contributed by atoms with Crippen molar-refractivity contribution >= 4 is 39.3 Å². The standard InChI is InChI=1S/C25H26BrFN6O3/c26-20-14-16(27)4-9-19(20)24(35)31-17-5-7-18(8-6-17)33-15-30-21(23(28)34)22(33)25(36)29-10-13-32-11-2-1-3-12-32/h4-9,14-15H,1-3,10-13H2,(H2,28,34)(H,29,36)(H,31,35). The number of hydrogen-bond donors (Lipinski definition) is 3. The summed E-state index contributed by atoms with van der Waals surface area (Å²) in [4.78, 5) is 43.8. The molecule has 1 aliphatic heterocycles. The van der Waals surface area contributed by atoms with Crippen LogP contribution in [0.3, 0.4) is 0 Å². The van der Waals surface area contributed by atoms with Crippen molar-refractivity contribution in [2.75, 3.05) is 31.5 Å². The van der Waals surface area contributed by atoms with E-state index in [1.165, 1.54) is 35.5 Å². The molecule has 0 bridgehead atoms. The number of halogens is 2. The minimum atomic E-state index is -0.802. The first-order valence-corrected chi connectivity index (χ1v) is 12.4. The molecule has 4 N–H and O–H groups in total. The number of imidazole rings is 1. The SMILES string of the molecule is NC(=O)c1ncn(-c2ccc(NC(=O)c3ccc(F)cc3Br)cc2)c1C(=O)NCCN1CCCCC1. The van der Waals surface area contributed by atoms with Crippen LogP contribution in [0.5, 0.6) is 0 Å². The van der Waals surface area contributed by atoms with Crippen molar-refractivity contribution in [1.82, 2.24) is 19.8 Å². The number of nitrogens with two attached hydrogens (primary N) is 1. The lowest BCUT2D eigenvalue weighted by Gasteiger charge is -2.26. The number of benzene rings is 2. The Kier molecular flexibility index (Phi) is 8.11. The highest BCUT2D eigenvalue weighted by atomic mass is 79.9. The van der Waals surface area contributed by atoms with Crippen molar-refractivity contribution in [3.8, 4) is 5.69 Å². The Labute approximate surface area is 216 Å². The highest BCUT2D eigenvalue weighted by molar-refractivity contribution is 9.10. The molecule has 188 valence electrons. The number of nitrogens with zero attached hydrogens (tertiary/aromatic N) is 3. The van der Waals surface area contributed by atoms with Crippen LogP contribution in [0, 0.1) is 5.82 Å². The highest BCUT2D eigenvalue weighted by Crippen LogP contribution is 2.21. The number of aromatic nitrogens is 2. The number of carbonyl (C=O) groups is 3. The third kappa shape index (κ3) is 5.97. The van der Waals surface area contributed by atoms with E-state index in [1.807, 2.05) is 0 Å². The maximum absolute atomic E-state index is 13.3. The van der Waals surface area contributed by atoms with Crippen LogP contribution in [0.2, 0.25) is 0 Å². The number of piperidine rings is 1. The van der Waals surface area contributed by atoms with E-state index in [9.17, 15) is 18.8 Å². The van der Waals surface area contributed by atoms with E-state index in [0.29, 0.717) is 22.4 Å². The van der Waals surface area contributed by atoms with Gasteiger partial charge in [0.15, 0.2) is 5.69 Å². The van der Waals surface area contributed by atoms with Gasteiger partial charge in [0.25, 0.3) is 17.7 Å². The normalized spacial score (nSPS) is 13.8. The molecule has 0 aliphatic carbocycles. The number of anilines is 1. The van der Waals surface area contributed by atoms with Crippen LogP contribution in [0.15, 0.2) is 53.3 Å². The van der Waals surface area contributed by atoms with Crippen LogP contribution >= 0.6 is 15.9 Å². The number of amides is 3. The number of hydrogen-bond acceptors (Lipinski definition) is 5. The van der Waals surface area contributed by atoms with E-state index in [2.05, 4.69) is 36.4 Å². The lowest BCUT2D eigenvalue weighted by atomic mass is 10.1. The van der Waals surface area contributed by atoms with Gasteiger partial charge in [0.1, 0.15) is 17.8 Å². The molecule has 0 radical (unpaired) electrons. The van der Waals surface area contributed by atoms with Crippen molar-refractivity contribution in [1.29, 1.82) is 0 Å². The molecule has 9 nitrogen and oxygen atoms in total. The monoisotopic (exact) mass is 556 g/mol. The topological polar surface area (TPSA) is 122 Å². The molecule has 0 spiro atoms. The average molecular weight is 557 g/mol. The Hall–Kier alpha value is -3.57. The predicted octanol–water partition coefficient (Wildman–Crippen LogP) is 3.34. The van der Waals surface area contributed by atoms with Crippen LogP contribution in [-0.4, -0.2) is 58.4 Å². The fraction of sp³-hybridized carbons (Fsp3) is 0.280. The molecular formula is C25H26BrFN6O3. The summed E-state index contributed by atoms with van der Waals surface area (Å²) in [5, 5.41) is 5.61. The molecule has 1 aliphatic rings. The fourth-order valence-corrected chi connectivity index (χ4v) is 4.64. The Morgan fingerprint density at radius 3 is 2.42 bits per heavy atom. The predicted molar refractivity (Wildman–Crippen MR) is 137 cm³/mol. The van der Waals surface area contributed by atoms with Crippen molar-refractivity contribution in [2.45, 2.75) is 19.3 Å². The van der Waals surface area contributed by atoms with Crippen LogP contribution in [-0.2, 0) is 0 Å². The second-order valence-corrected chi connectivity index (χ2v) is 9.31. The maximum Gasteiger partial charge on any atom is 0.270 e. The molecule has 0 saturated carbocycles. The van der Waals surface area contributed by atoms with E-state index in [0.717, 1.165) is 32.5 Å². The second kappa shape index (κ2) is 11.4. The van der Waals surface area contributed by atoms with Crippen molar-refractivity contribution in [2.24, 2.45) is 5.73 Å². The van der Waals surface area contributed by atoms with Gasteiger partial charge in [-0.3, -0.25) is 19.0 Å². The van der Waals surface area contributed by atoms with Gasteiger partial charge in [0.05, 0.1) is 5.56 Å². The van der Waals surface area contributed by atoms with Crippen molar-refractivity contribution in [3.05, 3.63) is 76.0 Å². The van der Waals surface area contributed by atoms with Crippen molar-refractivity contribution in [3.63, 3.8) is 0 Å². The van der Waals surface area contributed by atoms with Crippen LogP contribution in [0.4, 0.5) is 10.1 Å². The first-order chi connectivity index (χ1) is 17.3. The molecule has 36 heavy (non-hydrogen) atoms. The Bertz CT molecular complexity index is 1270. The average Bonchev–Trinajstić information content (AvgIpc) is 3.31. The Morgan fingerprint density at radius 2 is 1.75 bits per heavy atom. The molecule has 1 fully saturated rings. The van der Waals surface area contributed by atoms with E-state index < -0.39 is 23.5 Å². The molecule has 0 atom stereocenters. The van der Waals surface area contributed by atoms with Crippen LogP contribution in [0.25, 0.3) is 5.69 Å². The minimum absolute atomic E-state index is 0.0492. The van der Waals surface area contributed by atoms with Gasteiger partial charge in [0, 0.05) is 28.9 Å². The first-order valence-electron chi connectivity index (χ1n) is 11.6. The number of primary amides is 1. The molecule has 0 unspecified atom stereocenters. The number of nitrogens with one attached hydrogen (secondary N) is 2. The zero-order valence-corrected chi connectivity index (χ0v) is 21.1. The lowest BCUT2D eigenvalue weighted by molar-refractivity contribution is 0.0923. The van der Waals surface area contributed by atoms with Gasteiger partial charge in [0.2, 0.25) is 0 Å². The van der Waals surface area contributed by atoms with E-state index in [1.54, 1.807) is 24.3 Å². The molecule has 2 heterocycles. The maximum atomic E-state index is 13.3. The van der Waals surface area contributed by atoms with Crippen molar-refractivity contribution < 1.29 is 18.8 Å². The summed E-state index contributed by atoms with van der Waals surface area (Å²) in [6.45, 7) is 3.19. The van der Waals surface area contributed by atoms with Gasteiger partial charge in [-0.2, -0.15) is 0 Å². The summed E-state index contributed by atoms with van der Waals surface area (Å²) in [6, 6.07) is 10.4. The number of carbonyl (C=O) groups excluding carboxylic acids is 3. The van der Waals surface area contributed by atoms with E-state index >= 15 is 0 Å². The molecular weight excluding hydrogens is 531 g/mol. The van der Waals surface area contributed by atoms with Gasteiger partial charge >= 0.3 is 0 Å². The fourth-order valence-electron chi connectivity index (χ4n) is 4.11. The van der Waals surface area contributed by atoms with Gasteiger partial charge < -0.3 is 21.3 Å². The van der Waals surface area contributed by atoms with Gasteiger partial charge in [-0.05, 0) is 84.3 Å².